The van der Waals surface area contributed by atoms with E-state index >= 15 is 0 Å². The second-order valence-electron chi connectivity index (χ2n) is 6.38. The Morgan fingerprint density at radius 1 is 1.32 bits per heavy atom. The molecule has 1 aliphatic carbocycles. The molecular weight excluding hydrogens is 300 g/mol. The maximum absolute atomic E-state index is 4.56. The molecule has 0 atom stereocenters. The minimum absolute atomic E-state index is 0.440. The van der Waals surface area contributed by atoms with E-state index in [2.05, 4.69) is 52.2 Å². The molecule has 1 fully saturated rings. The Labute approximate surface area is 125 Å². The van der Waals surface area contributed by atoms with E-state index in [1.807, 2.05) is 6.20 Å². The smallest absolute Gasteiger partial charge is 0.0413 e. The van der Waals surface area contributed by atoms with Crippen LogP contribution in [0.3, 0.4) is 0 Å². The topological polar surface area (TPSA) is 24.9 Å². The van der Waals surface area contributed by atoms with Gasteiger partial charge in [-0.15, -0.1) is 0 Å². The predicted molar refractivity (Wildman–Crippen MR) is 84.2 cm³/mol. The summed E-state index contributed by atoms with van der Waals surface area (Å²) < 4.78 is 1.06. The molecule has 1 aromatic heterocycles. The third-order valence-corrected chi connectivity index (χ3v) is 4.53. The summed E-state index contributed by atoms with van der Waals surface area (Å²) in [6, 6.07) is 4.26. The van der Waals surface area contributed by atoms with Gasteiger partial charge in [0.15, 0.2) is 0 Å². The lowest BCUT2D eigenvalue weighted by molar-refractivity contribution is 0.270. The number of nitrogens with one attached hydrogen (secondary N) is 1. The van der Waals surface area contributed by atoms with Crippen LogP contribution in [-0.4, -0.2) is 18.1 Å². The van der Waals surface area contributed by atoms with Crippen LogP contribution < -0.4 is 5.32 Å². The molecule has 0 amide bonds. The van der Waals surface area contributed by atoms with Gasteiger partial charge in [-0.1, -0.05) is 26.7 Å². The minimum atomic E-state index is 0.440. The van der Waals surface area contributed by atoms with E-state index in [0.29, 0.717) is 5.41 Å². The molecule has 1 N–H and O–H groups in total. The van der Waals surface area contributed by atoms with Crippen LogP contribution in [0.4, 0.5) is 0 Å². The quantitative estimate of drug-likeness (QED) is 0.848. The van der Waals surface area contributed by atoms with Crippen molar-refractivity contribution in [2.24, 2.45) is 11.3 Å². The fourth-order valence-corrected chi connectivity index (χ4v) is 3.30. The van der Waals surface area contributed by atoms with Gasteiger partial charge in [-0.05, 0) is 65.2 Å². The maximum Gasteiger partial charge on any atom is 0.0413 e. The largest absolute Gasteiger partial charge is 0.316 e. The molecule has 3 heteroatoms. The molecule has 1 aliphatic rings. The monoisotopic (exact) mass is 324 g/mol. The average Bonchev–Trinajstić information content (AvgIpc) is 2.81. The molecule has 1 heterocycles. The second-order valence-corrected chi connectivity index (χ2v) is 7.29. The molecular formula is C16H25BrN2. The first kappa shape index (κ1) is 15.0. The van der Waals surface area contributed by atoms with Gasteiger partial charge in [0.2, 0.25) is 0 Å². The molecule has 1 aromatic rings. The van der Waals surface area contributed by atoms with Crippen LogP contribution in [0.15, 0.2) is 22.8 Å². The highest BCUT2D eigenvalue weighted by molar-refractivity contribution is 9.10. The number of hydrogen-bond donors (Lipinski definition) is 1. The SMILES string of the molecule is CC(C)CNCC1(Cc2ccc(Br)cn2)CCCC1. The molecule has 0 radical (unpaired) electrons. The Bertz CT molecular complexity index is 380. The maximum atomic E-state index is 4.56. The third-order valence-electron chi connectivity index (χ3n) is 4.06. The Morgan fingerprint density at radius 2 is 2.05 bits per heavy atom. The minimum Gasteiger partial charge on any atom is -0.316 e. The van der Waals surface area contributed by atoms with Crippen molar-refractivity contribution in [3.63, 3.8) is 0 Å². The highest BCUT2D eigenvalue weighted by Crippen LogP contribution is 2.40. The molecule has 0 saturated heterocycles. The van der Waals surface area contributed by atoms with Crippen molar-refractivity contribution in [1.82, 2.24) is 10.3 Å². The van der Waals surface area contributed by atoms with Gasteiger partial charge in [0, 0.05) is 22.9 Å². The molecule has 1 saturated carbocycles. The molecule has 2 rings (SSSR count). The average molecular weight is 325 g/mol. The number of aromatic nitrogens is 1. The molecule has 106 valence electrons. The lowest BCUT2D eigenvalue weighted by Crippen LogP contribution is -2.35. The highest BCUT2D eigenvalue weighted by Gasteiger charge is 2.33. The summed E-state index contributed by atoms with van der Waals surface area (Å²) in [6.45, 7) is 6.80. The lowest BCUT2D eigenvalue weighted by atomic mass is 9.81. The standard InChI is InChI=1S/C16H25BrN2/c1-13(2)10-18-12-16(7-3-4-8-16)9-15-6-5-14(17)11-19-15/h5-6,11,13,18H,3-4,7-10,12H2,1-2H3. The summed E-state index contributed by atoms with van der Waals surface area (Å²) in [6.07, 6.45) is 8.47. The van der Waals surface area contributed by atoms with E-state index in [-0.39, 0.29) is 0 Å². The van der Waals surface area contributed by atoms with Gasteiger partial charge in [-0.2, -0.15) is 0 Å². The van der Waals surface area contributed by atoms with Crippen LogP contribution in [0.25, 0.3) is 0 Å². The van der Waals surface area contributed by atoms with Crippen LogP contribution in [-0.2, 0) is 6.42 Å². The van der Waals surface area contributed by atoms with Gasteiger partial charge < -0.3 is 5.32 Å². The van der Waals surface area contributed by atoms with Crippen molar-refractivity contribution < 1.29 is 0 Å². The fraction of sp³-hybridized carbons (Fsp3) is 0.688. The summed E-state index contributed by atoms with van der Waals surface area (Å²) in [5.41, 5.74) is 1.67. The van der Waals surface area contributed by atoms with Gasteiger partial charge in [0.25, 0.3) is 0 Å². The van der Waals surface area contributed by atoms with E-state index in [1.165, 1.54) is 31.4 Å². The molecule has 0 aromatic carbocycles. The van der Waals surface area contributed by atoms with Crippen LogP contribution in [0, 0.1) is 11.3 Å². The van der Waals surface area contributed by atoms with Gasteiger partial charge in [0.1, 0.15) is 0 Å². The summed E-state index contributed by atoms with van der Waals surface area (Å²) in [4.78, 5) is 4.56. The zero-order chi connectivity index (χ0) is 13.7. The highest BCUT2D eigenvalue weighted by atomic mass is 79.9. The van der Waals surface area contributed by atoms with E-state index in [9.17, 15) is 0 Å². The number of pyridine rings is 1. The number of hydrogen-bond acceptors (Lipinski definition) is 2. The Kier molecular flexibility index (Phi) is 5.40. The number of nitrogens with zero attached hydrogens (tertiary/aromatic N) is 1. The molecule has 19 heavy (non-hydrogen) atoms. The van der Waals surface area contributed by atoms with E-state index < -0.39 is 0 Å². The Morgan fingerprint density at radius 3 is 2.63 bits per heavy atom. The van der Waals surface area contributed by atoms with Crippen molar-refractivity contribution in [3.8, 4) is 0 Å². The fourth-order valence-electron chi connectivity index (χ4n) is 3.06. The van der Waals surface area contributed by atoms with Crippen molar-refractivity contribution in [3.05, 3.63) is 28.5 Å². The zero-order valence-corrected chi connectivity index (χ0v) is 13.7. The summed E-state index contributed by atoms with van der Waals surface area (Å²) in [7, 11) is 0. The predicted octanol–water partition coefficient (Wildman–Crippen LogP) is 4.19. The zero-order valence-electron chi connectivity index (χ0n) is 12.1. The lowest BCUT2D eigenvalue weighted by Gasteiger charge is -2.29. The van der Waals surface area contributed by atoms with Crippen molar-refractivity contribution in [2.45, 2.75) is 46.0 Å². The molecule has 2 nitrogen and oxygen atoms in total. The first-order valence-electron chi connectivity index (χ1n) is 7.41. The van der Waals surface area contributed by atoms with Gasteiger partial charge >= 0.3 is 0 Å². The van der Waals surface area contributed by atoms with Crippen molar-refractivity contribution >= 4 is 15.9 Å². The van der Waals surface area contributed by atoms with Crippen molar-refractivity contribution in [2.75, 3.05) is 13.1 Å². The van der Waals surface area contributed by atoms with E-state index in [0.717, 1.165) is 29.9 Å². The van der Waals surface area contributed by atoms with Gasteiger partial charge in [-0.25, -0.2) is 0 Å². The van der Waals surface area contributed by atoms with Crippen LogP contribution >= 0.6 is 15.9 Å². The first-order chi connectivity index (χ1) is 9.10. The third kappa shape index (κ3) is 4.57. The van der Waals surface area contributed by atoms with E-state index in [1.54, 1.807) is 0 Å². The van der Waals surface area contributed by atoms with Gasteiger partial charge in [0.05, 0.1) is 0 Å². The molecule has 0 bridgehead atoms. The first-order valence-corrected chi connectivity index (χ1v) is 8.20. The van der Waals surface area contributed by atoms with Crippen molar-refractivity contribution in [1.29, 1.82) is 0 Å². The molecule has 0 aliphatic heterocycles. The Hall–Kier alpha value is -0.410. The summed E-state index contributed by atoms with van der Waals surface area (Å²) in [5.74, 6) is 0.726. The molecule has 0 spiro atoms. The second kappa shape index (κ2) is 6.85. The molecule has 0 unspecified atom stereocenters. The van der Waals surface area contributed by atoms with Gasteiger partial charge in [-0.3, -0.25) is 4.98 Å². The number of halogens is 1. The van der Waals surface area contributed by atoms with Crippen LogP contribution in [0.5, 0.6) is 0 Å². The summed E-state index contributed by atoms with van der Waals surface area (Å²) >= 11 is 3.45. The Balaban J connectivity index is 1.96. The normalized spacial score (nSPS) is 18.1. The number of rotatable bonds is 6. The van der Waals surface area contributed by atoms with Crippen LogP contribution in [0.2, 0.25) is 0 Å². The summed E-state index contributed by atoms with van der Waals surface area (Å²) in [5, 5.41) is 3.66. The van der Waals surface area contributed by atoms with E-state index in [4.69, 9.17) is 0 Å². The van der Waals surface area contributed by atoms with Crippen LogP contribution in [0.1, 0.15) is 45.2 Å².